The van der Waals surface area contributed by atoms with E-state index in [2.05, 4.69) is 32.2 Å². The molecule has 4 N–H and O–H groups in total. The highest BCUT2D eigenvalue weighted by Gasteiger charge is 2.40. The smallest absolute Gasteiger partial charge is 0.157 e. The molecule has 0 saturated heterocycles. The first-order valence-electron chi connectivity index (χ1n) is 12.1. The minimum atomic E-state index is -0.890. The van der Waals surface area contributed by atoms with Crippen LogP contribution in [0, 0.1) is 0 Å². The Morgan fingerprint density at radius 2 is 1.06 bits per heavy atom. The third-order valence-corrected chi connectivity index (χ3v) is 8.19. The Balaban J connectivity index is 2.25. The molecule has 194 valence electrons. The van der Waals surface area contributed by atoms with Crippen LogP contribution in [-0.2, 0) is 5.41 Å². The summed E-state index contributed by atoms with van der Waals surface area (Å²) < 4.78 is 0. The van der Waals surface area contributed by atoms with Gasteiger partial charge in [-0.3, -0.25) is 0 Å². The topological polar surface area (TPSA) is 80.9 Å². The zero-order valence-corrected chi connectivity index (χ0v) is 23.9. The number of phenols is 4. The highest BCUT2D eigenvalue weighted by Crippen LogP contribution is 2.51. The molecule has 0 radical (unpaired) electrons. The average Bonchev–Trinajstić information content (AvgIpc) is 2.83. The van der Waals surface area contributed by atoms with Crippen molar-refractivity contribution in [3.8, 4) is 23.0 Å². The fourth-order valence-electron chi connectivity index (χ4n) is 4.82. The quantitative estimate of drug-likeness (QED) is 0.0525. The van der Waals surface area contributed by atoms with Crippen LogP contribution in [0.4, 0.5) is 0 Å². The molecule has 0 aromatic heterocycles. The zero-order chi connectivity index (χ0) is 26.5. The second-order valence-corrected chi connectivity index (χ2v) is 11.1. The van der Waals surface area contributed by atoms with Crippen molar-refractivity contribution < 1.29 is 20.4 Å². The standard InChI is InChI=1S/C28H34O4S4/c1-2-3-4-5-6-7-8-11-28(17-9-10-20(29)21(30)12-17,18-13-26(35)22(31)15-24(18)33)19-14-27(36)23(32)16-25(19)34/h9-10,12-16,29-36H,2-8,11H2,1H3. The molecule has 8 heteroatoms. The summed E-state index contributed by atoms with van der Waals surface area (Å²) in [6, 6.07) is 11.5. The molecular formula is C28H34O4S4. The summed E-state index contributed by atoms with van der Waals surface area (Å²) in [4.78, 5) is 1.87. The molecule has 0 aliphatic rings. The van der Waals surface area contributed by atoms with E-state index in [9.17, 15) is 20.4 Å². The van der Waals surface area contributed by atoms with Crippen LogP contribution >= 0.6 is 50.5 Å². The molecule has 0 spiro atoms. The second kappa shape index (κ2) is 12.7. The Bertz CT molecular complexity index is 1160. The molecule has 0 bridgehead atoms. The van der Waals surface area contributed by atoms with Crippen LogP contribution in [0.15, 0.2) is 62.0 Å². The van der Waals surface area contributed by atoms with Gasteiger partial charge in [0.1, 0.15) is 11.5 Å². The van der Waals surface area contributed by atoms with Crippen molar-refractivity contribution in [1.82, 2.24) is 0 Å². The second-order valence-electron chi connectivity index (χ2n) is 9.20. The Morgan fingerprint density at radius 3 is 1.56 bits per heavy atom. The summed E-state index contributed by atoms with van der Waals surface area (Å²) in [5.74, 6) is -0.441. The van der Waals surface area contributed by atoms with Gasteiger partial charge in [-0.1, -0.05) is 57.9 Å². The fourth-order valence-corrected chi connectivity index (χ4v) is 5.96. The number of hydrogen-bond donors (Lipinski definition) is 8. The molecule has 0 unspecified atom stereocenters. The maximum Gasteiger partial charge on any atom is 0.157 e. The van der Waals surface area contributed by atoms with Crippen molar-refractivity contribution in [3.63, 3.8) is 0 Å². The molecule has 4 nitrogen and oxygen atoms in total. The van der Waals surface area contributed by atoms with Gasteiger partial charge in [0.25, 0.3) is 0 Å². The van der Waals surface area contributed by atoms with Gasteiger partial charge in [-0.15, -0.1) is 50.5 Å². The van der Waals surface area contributed by atoms with E-state index in [0.29, 0.717) is 31.6 Å². The van der Waals surface area contributed by atoms with Crippen LogP contribution in [0.3, 0.4) is 0 Å². The Hall–Kier alpha value is -1.74. The SMILES string of the molecule is CCCCCCCCCC(c1ccc(O)c(O)c1)(c1cc(S)c(O)cc1S)c1cc(S)c(O)cc1S. The lowest BCUT2D eigenvalue weighted by atomic mass is 9.66. The van der Waals surface area contributed by atoms with Gasteiger partial charge in [0.05, 0.1) is 0 Å². The van der Waals surface area contributed by atoms with E-state index in [4.69, 9.17) is 25.3 Å². The van der Waals surface area contributed by atoms with Crippen molar-refractivity contribution >= 4 is 50.5 Å². The van der Waals surface area contributed by atoms with E-state index in [1.165, 1.54) is 31.7 Å². The first kappa shape index (κ1) is 28.8. The minimum absolute atomic E-state index is 0.0112. The number of benzene rings is 3. The number of phenolic OH excluding ortho intramolecular Hbond substituents is 4. The summed E-state index contributed by atoms with van der Waals surface area (Å²) in [6.07, 6.45) is 8.44. The number of rotatable bonds is 11. The lowest BCUT2D eigenvalue weighted by Crippen LogP contribution is -2.31. The molecule has 0 fully saturated rings. The monoisotopic (exact) mass is 562 g/mol. The fraction of sp³-hybridized carbons (Fsp3) is 0.357. The lowest BCUT2D eigenvalue weighted by molar-refractivity contribution is 0.400. The first-order chi connectivity index (χ1) is 17.1. The lowest BCUT2D eigenvalue weighted by Gasteiger charge is -2.38. The largest absolute Gasteiger partial charge is 0.507 e. The van der Waals surface area contributed by atoms with Gasteiger partial charge in [0.15, 0.2) is 11.5 Å². The van der Waals surface area contributed by atoms with Gasteiger partial charge in [-0.05, 0) is 59.5 Å². The van der Waals surface area contributed by atoms with Crippen LogP contribution in [0.25, 0.3) is 0 Å². The highest BCUT2D eigenvalue weighted by molar-refractivity contribution is 7.81. The molecule has 3 aromatic rings. The van der Waals surface area contributed by atoms with Crippen molar-refractivity contribution in [2.24, 2.45) is 0 Å². The average molecular weight is 563 g/mol. The summed E-state index contributed by atoms with van der Waals surface area (Å²) in [7, 11) is 0. The summed E-state index contributed by atoms with van der Waals surface area (Å²) in [6.45, 7) is 2.20. The Labute approximate surface area is 235 Å². The first-order valence-corrected chi connectivity index (χ1v) is 13.9. The van der Waals surface area contributed by atoms with Crippen molar-refractivity contribution in [1.29, 1.82) is 0 Å². The molecule has 0 atom stereocenters. The minimum Gasteiger partial charge on any atom is -0.507 e. The predicted octanol–water partition coefficient (Wildman–Crippen LogP) is 8.14. The van der Waals surface area contributed by atoms with E-state index in [-0.39, 0.29) is 23.0 Å². The van der Waals surface area contributed by atoms with Gasteiger partial charge in [0.2, 0.25) is 0 Å². The third-order valence-electron chi connectivity index (χ3n) is 6.73. The van der Waals surface area contributed by atoms with E-state index < -0.39 is 5.41 Å². The number of aromatic hydroxyl groups is 4. The van der Waals surface area contributed by atoms with Gasteiger partial charge >= 0.3 is 0 Å². The number of hydrogen-bond acceptors (Lipinski definition) is 8. The maximum atomic E-state index is 10.5. The van der Waals surface area contributed by atoms with E-state index >= 15 is 0 Å². The normalized spacial score (nSPS) is 11.7. The number of unbranched alkanes of at least 4 members (excludes halogenated alkanes) is 6. The van der Waals surface area contributed by atoms with Crippen LogP contribution in [0.5, 0.6) is 23.0 Å². The van der Waals surface area contributed by atoms with Crippen LogP contribution in [-0.4, -0.2) is 20.4 Å². The maximum absolute atomic E-state index is 10.5. The molecule has 0 aliphatic heterocycles. The predicted molar refractivity (Wildman–Crippen MR) is 157 cm³/mol. The molecule has 36 heavy (non-hydrogen) atoms. The van der Waals surface area contributed by atoms with Gasteiger partial charge in [-0.25, -0.2) is 0 Å². The molecular weight excluding hydrogens is 529 g/mol. The van der Waals surface area contributed by atoms with E-state index in [1.807, 2.05) is 0 Å². The Kier molecular flexibility index (Phi) is 10.1. The van der Waals surface area contributed by atoms with Crippen molar-refractivity contribution in [2.75, 3.05) is 0 Å². The van der Waals surface area contributed by atoms with E-state index in [0.717, 1.165) is 30.4 Å². The number of thiol groups is 4. The van der Waals surface area contributed by atoms with Crippen molar-refractivity contribution in [2.45, 2.75) is 83.3 Å². The highest BCUT2D eigenvalue weighted by atomic mass is 32.1. The molecule has 0 saturated carbocycles. The van der Waals surface area contributed by atoms with Gasteiger partial charge in [0, 0.05) is 25.0 Å². The van der Waals surface area contributed by atoms with Gasteiger partial charge in [-0.2, -0.15) is 0 Å². The van der Waals surface area contributed by atoms with Crippen molar-refractivity contribution in [3.05, 3.63) is 59.2 Å². The third kappa shape index (κ3) is 6.21. The van der Waals surface area contributed by atoms with Crippen LogP contribution in [0.2, 0.25) is 0 Å². The van der Waals surface area contributed by atoms with Crippen LogP contribution in [0.1, 0.15) is 75.0 Å². The molecule has 0 amide bonds. The zero-order valence-electron chi connectivity index (χ0n) is 20.3. The van der Waals surface area contributed by atoms with Crippen LogP contribution < -0.4 is 0 Å². The summed E-state index contributed by atoms with van der Waals surface area (Å²) in [5.41, 5.74) is 1.35. The molecule has 3 aromatic carbocycles. The summed E-state index contributed by atoms with van der Waals surface area (Å²) >= 11 is 18.4. The summed E-state index contributed by atoms with van der Waals surface area (Å²) in [5, 5.41) is 41.2. The van der Waals surface area contributed by atoms with E-state index in [1.54, 1.807) is 36.4 Å². The molecule has 0 aliphatic carbocycles. The molecule has 0 heterocycles. The molecule has 3 rings (SSSR count). The van der Waals surface area contributed by atoms with Gasteiger partial charge < -0.3 is 20.4 Å². The Morgan fingerprint density at radius 1 is 0.556 bits per heavy atom.